The van der Waals surface area contributed by atoms with Gasteiger partial charge in [-0.15, -0.1) is 12.4 Å². The highest BCUT2D eigenvalue weighted by atomic mass is 35.5. The minimum atomic E-state index is -0.580. The number of ether oxygens (including phenoxy) is 3. The van der Waals surface area contributed by atoms with Crippen LogP contribution in [0.5, 0.6) is 17.2 Å². The maximum atomic E-state index is 10.9. The molecule has 0 unspecified atom stereocenters. The van der Waals surface area contributed by atoms with Gasteiger partial charge in [0, 0.05) is 13.1 Å². The first kappa shape index (κ1) is 21.9. The third-order valence-corrected chi connectivity index (χ3v) is 3.75. The zero-order valence-electron chi connectivity index (χ0n) is 14.6. The van der Waals surface area contributed by atoms with Gasteiger partial charge in [-0.25, -0.2) is 0 Å². The molecule has 0 radical (unpaired) electrons. The molecular weight excluding hydrogens is 379 g/mol. The van der Waals surface area contributed by atoms with Crippen molar-refractivity contribution in [1.82, 2.24) is 5.32 Å². The summed E-state index contributed by atoms with van der Waals surface area (Å²) in [7, 11) is 3.15. The third kappa shape index (κ3) is 6.29. The predicted octanol–water partition coefficient (Wildman–Crippen LogP) is 2.93. The Labute approximate surface area is 164 Å². The van der Waals surface area contributed by atoms with Crippen molar-refractivity contribution in [2.24, 2.45) is 5.73 Å². The Morgan fingerprint density at radius 2 is 1.73 bits per heavy atom. The molecule has 1 amide bonds. The first-order chi connectivity index (χ1) is 12.0. The quantitative estimate of drug-likeness (QED) is 0.675. The molecule has 8 heteroatoms. The fourth-order valence-corrected chi connectivity index (χ4v) is 2.54. The number of benzene rings is 2. The smallest absolute Gasteiger partial charge is 0.255 e. The second-order valence-electron chi connectivity index (χ2n) is 5.32. The number of rotatable bonds is 9. The summed E-state index contributed by atoms with van der Waals surface area (Å²) < 4.78 is 15.7. The van der Waals surface area contributed by atoms with E-state index in [1.807, 2.05) is 30.3 Å². The molecule has 0 atom stereocenters. The molecule has 0 saturated carbocycles. The fourth-order valence-electron chi connectivity index (χ4n) is 2.25. The maximum Gasteiger partial charge on any atom is 0.255 e. The lowest BCUT2D eigenvalue weighted by atomic mass is 10.1. The van der Waals surface area contributed by atoms with E-state index < -0.39 is 5.91 Å². The number of hydrogen-bond donors (Lipinski definition) is 2. The van der Waals surface area contributed by atoms with E-state index in [-0.39, 0.29) is 19.0 Å². The van der Waals surface area contributed by atoms with E-state index in [4.69, 9.17) is 31.5 Å². The van der Waals surface area contributed by atoms with Crippen molar-refractivity contribution in [1.29, 1.82) is 0 Å². The van der Waals surface area contributed by atoms with Crippen molar-refractivity contribution >= 4 is 29.9 Å². The highest BCUT2D eigenvalue weighted by Crippen LogP contribution is 2.36. The lowest BCUT2D eigenvalue weighted by molar-refractivity contribution is -0.119. The SMILES string of the molecule is COc1ccc(CNCc2cc(Cl)c(OCC(N)=O)c(OC)c2)cc1.Cl. The summed E-state index contributed by atoms with van der Waals surface area (Å²) in [6.45, 7) is 1.03. The molecule has 0 fully saturated rings. The monoisotopic (exact) mass is 400 g/mol. The first-order valence-electron chi connectivity index (χ1n) is 7.64. The normalized spacial score (nSPS) is 9.96. The van der Waals surface area contributed by atoms with Crippen LogP contribution in [0.2, 0.25) is 5.02 Å². The zero-order valence-corrected chi connectivity index (χ0v) is 16.2. The van der Waals surface area contributed by atoms with Crippen molar-refractivity contribution in [3.8, 4) is 17.2 Å². The lowest BCUT2D eigenvalue weighted by Gasteiger charge is -2.14. The molecule has 2 aromatic rings. The second kappa shape index (κ2) is 10.8. The molecule has 142 valence electrons. The first-order valence-corrected chi connectivity index (χ1v) is 8.02. The molecule has 2 aromatic carbocycles. The number of carbonyl (C=O) groups is 1. The van der Waals surface area contributed by atoms with Crippen LogP contribution in [0.1, 0.15) is 11.1 Å². The molecule has 3 N–H and O–H groups in total. The summed E-state index contributed by atoms with van der Waals surface area (Å²) in [5, 5.41) is 3.70. The van der Waals surface area contributed by atoms with Crippen LogP contribution in [0.25, 0.3) is 0 Å². The van der Waals surface area contributed by atoms with E-state index in [1.165, 1.54) is 7.11 Å². The van der Waals surface area contributed by atoms with Crippen molar-refractivity contribution in [3.63, 3.8) is 0 Å². The van der Waals surface area contributed by atoms with Gasteiger partial charge in [0.2, 0.25) is 0 Å². The Bertz CT molecular complexity index is 724. The van der Waals surface area contributed by atoms with Crippen LogP contribution < -0.4 is 25.3 Å². The number of methoxy groups -OCH3 is 2. The van der Waals surface area contributed by atoms with Crippen LogP contribution in [-0.2, 0) is 17.9 Å². The van der Waals surface area contributed by atoms with Crippen molar-refractivity contribution < 1.29 is 19.0 Å². The second-order valence-corrected chi connectivity index (χ2v) is 5.72. The van der Waals surface area contributed by atoms with Crippen LogP contribution in [-0.4, -0.2) is 26.7 Å². The molecule has 6 nitrogen and oxygen atoms in total. The Kier molecular flexibility index (Phi) is 9.05. The summed E-state index contributed by atoms with van der Waals surface area (Å²) in [6, 6.07) is 11.4. The fraction of sp³-hybridized carbons (Fsp3) is 0.278. The van der Waals surface area contributed by atoms with Crippen LogP contribution in [0.3, 0.4) is 0 Å². The molecule has 0 spiro atoms. The lowest BCUT2D eigenvalue weighted by Crippen LogP contribution is -2.20. The van der Waals surface area contributed by atoms with Gasteiger partial charge in [-0.2, -0.15) is 0 Å². The molecule has 0 aliphatic carbocycles. The highest BCUT2D eigenvalue weighted by Gasteiger charge is 2.13. The van der Waals surface area contributed by atoms with Gasteiger partial charge in [-0.3, -0.25) is 4.79 Å². The Hall–Kier alpha value is -2.15. The number of halogens is 2. The van der Waals surface area contributed by atoms with Crippen molar-refractivity contribution in [2.45, 2.75) is 13.1 Å². The number of nitrogens with two attached hydrogens (primary N) is 1. The molecule has 0 bridgehead atoms. The molecule has 0 heterocycles. The topological polar surface area (TPSA) is 82.8 Å². The number of amides is 1. The van der Waals surface area contributed by atoms with Crippen LogP contribution in [0, 0.1) is 0 Å². The summed E-state index contributed by atoms with van der Waals surface area (Å²) >= 11 is 6.23. The number of carbonyl (C=O) groups excluding carboxylic acids is 1. The van der Waals surface area contributed by atoms with Gasteiger partial charge < -0.3 is 25.3 Å². The van der Waals surface area contributed by atoms with Gasteiger partial charge >= 0.3 is 0 Å². The summed E-state index contributed by atoms with van der Waals surface area (Å²) in [5.74, 6) is 1.01. The summed E-state index contributed by atoms with van der Waals surface area (Å²) in [5.41, 5.74) is 7.16. The molecule has 0 saturated heterocycles. The summed E-state index contributed by atoms with van der Waals surface area (Å²) in [4.78, 5) is 10.9. The minimum Gasteiger partial charge on any atom is -0.497 e. The molecule has 0 aliphatic heterocycles. The molecule has 2 rings (SSSR count). The van der Waals surface area contributed by atoms with Crippen molar-refractivity contribution in [2.75, 3.05) is 20.8 Å². The Balaban J connectivity index is 0.00000338. The Morgan fingerprint density at radius 1 is 1.08 bits per heavy atom. The average molecular weight is 401 g/mol. The van der Waals surface area contributed by atoms with E-state index in [9.17, 15) is 4.79 Å². The minimum absolute atomic E-state index is 0. The van der Waals surface area contributed by atoms with Crippen LogP contribution in [0.4, 0.5) is 0 Å². The predicted molar refractivity (Wildman–Crippen MR) is 103 cm³/mol. The van der Waals surface area contributed by atoms with E-state index in [1.54, 1.807) is 13.2 Å². The number of hydrogen-bond acceptors (Lipinski definition) is 5. The average Bonchev–Trinajstić information content (AvgIpc) is 2.60. The van der Waals surface area contributed by atoms with Gasteiger partial charge in [0.05, 0.1) is 19.2 Å². The Morgan fingerprint density at radius 3 is 2.31 bits per heavy atom. The van der Waals surface area contributed by atoms with Gasteiger partial charge in [0.1, 0.15) is 5.75 Å². The molecular formula is C18H22Cl2N2O4. The number of nitrogens with one attached hydrogen (secondary N) is 1. The molecule has 0 aliphatic rings. The maximum absolute atomic E-state index is 10.9. The molecule has 0 aromatic heterocycles. The van der Waals surface area contributed by atoms with Gasteiger partial charge in [0.15, 0.2) is 18.1 Å². The zero-order chi connectivity index (χ0) is 18.2. The standard InChI is InChI=1S/C18H21ClN2O4.ClH/c1-23-14-5-3-12(4-6-14)9-21-10-13-7-15(19)18(16(8-13)24-2)25-11-17(20)22;/h3-8,21H,9-11H2,1-2H3,(H2,20,22);1H. The van der Waals surface area contributed by atoms with Crippen molar-refractivity contribution in [3.05, 3.63) is 52.5 Å². The van der Waals surface area contributed by atoms with E-state index in [0.29, 0.717) is 29.6 Å². The van der Waals surface area contributed by atoms with E-state index in [2.05, 4.69) is 5.32 Å². The number of primary amides is 1. The third-order valence-electron chi connectivity index (χ3n) is 3.47. The molecule has 26 heavy (non-hydrogen) atoms. The van der Waals surface area contributed by atoms with Gasteiger partial charge in [-0.05, 0) is 35.4 Å². The van der Waals surface area contributed by atoms with Crippen LogP contribution in [0.15, 0.2) is 36.4 Å². The van der Waals surface area contributed by atoms with Gasteiger partial charge in [-0.1, -0.05) is 23.7 Å². The summed E-state index contributed by atoms with van der Waals surface area (Å²) in [6.07, 6.45) is 0. The largest absolute Gasteiger partial charge is 0.497 e. The van der Waals surface area contributed by atoms with E-state index in [0.717, 1.165) is 16.9 Å². The van der Waals surface area contributed by atoms with Gasteiger partial charge in [0.25, 0.3) is 5.91 Å². The van der Waals surface area contributed by atoms with Crippen LogP contribution >= 0.6 is 24.0 Å². The highest BCUT2D eigenvalue weighted by molar-refractivity contribution is 6.32. The van der Waals surface area contributed by atoms with E-state index >= 15 is 0 Å².